The summed E-state index contributed by atoms with van der Waals surface area (Å²) in [6, 6.07) is 3.66. The van der Waals surface area contributed by atoms with Crippen LogP contribution in [-0.4, -0.2) is 23.5 Å². The number of rotatable bonds is 4. The van der Waals surface area contributed by atoms with Crippen LogP contribution in [0.2, 0.25) is 0 Å². The maximum atomic E-state index is 12.0. The highest BCUT2D eigenvalue weighted by molar-refractivity contribution is 7.93. The van der Waals surface area contributed by atoms with Crippen LogP contribution in [0.3, 0.4) is 0 Å². The minimum atomic E-state index is -4.15. The van der Waals surface area contributed by atoms with E-state index in [1.165, 1.54) is 17.6 Å². The average molecular weight is 301 g/mol. The number of nitro groups is 1. The number of nitrogens with one attached hydrogen (secondary N) is 1. The van der Waals surface area contributed by atoms with Gasteiger partial charge in [-0.15, -0.1) is 10.2 Å². The van der Waals surface area contributed by atoms with Crippen molar-refractivity contribution in [2.24, 2.45) is 0 Å². The zero-order valence-electron chi connectivity index (χ0n) is 9.18. The maximum Gasteiger partial charge on any atom is 0.312 e. The third-order valence-corrected chi connectivity index (χ3v) is 4.19. The number of nitro benzene ring substituents is 1. The minimum Gasteiger partial charge on any atom is -0.393 e. The summed E-state index contributed by atoms with van der Waals surface area (Å²) < 4.78 is 26.2. The normalized spacial score (nSPS) is 11.2. The van der Waals surface area contributed by atoms with Crippen molar-refractivity contribution in [1.29, 1.82) is 0 Å². The number of nitrogen functional groups attached to an aromatic ring is 1. The van der Waals surface area contributed by atoms with Crippen molar-refractivity contribution >= 4 is 37.9 Å². The largest absolute Gasteiger partial charge is 0.393 e. The molecule has 11 heteroatoms. The third-order valence-electron chi connectivity index (χ3n) is 2.08. The molecule has 0 aliphatic heterocycles. The average Bonchev–Trinajstić information content (AvgIpc) is 2.80. The Kier molecular flexibility index (Phi) is 3.31. The fourth-order valence-electron chi connectivity index (χ4n) is 1.34. The number of anilines is 2. The summed E-state index contributed by atoms with van der Waals surface area (Å²) in [6.45, 7) is 0. The van der Waals surface area contributed by atoms with Crippen LogP contribution in [0, 0.1) is 10.1 Å². The molecule has 1 heterocycles. The SMILES string of the molecule is Nc1cccc(S(=O)(=O)Nc2nncs2)c1[N+](=O)[O-]. The highest BCUT2D eigenvalue weighted by atomic mass is 32.2. The van der Waals surface area contributed by atoms with E-state index < -0.39 is 25.5 Å². The highest BCUT2D eigenvalue weighted by Gasteiger charge is 2.28. The number of nitrogens with zero attached hydrogens (tertiary/aromatic N) is 3. The van der Waals surface area contributed by atoms with Crippen molar-refractivity contribution in [2.75, 3.05) is 10.5 Å². The summed E-state index contributed by atoms with van der Waals surface area (Å²) in [4.78, 5) is 9.54. The monoisotopic (exact) mass is 301 g/mol. The highest BCUT2D eigenvalue weighted by Crippen LogP contribution is 2.30. The second-order valence-electron chi connectivity index (χ2n) is 3.30. The lowest BCUT2D eigenvalue weighted by Gasteiger charge is -2.06. The Morgan fingerprint density at radius 2 is 2.16 bits per heavy atom. The van der Waals surface area contributed by atoms with E-state index in [9.17, 15) is 18.5 Å². The lowest BCUT2D eigenvalue weighted by molar-refractivity contribution is -0.386. The van der Waals surface area contributed by atoms with Crippen LogP contribution >= 0.6 is 11.3 Å². The molecular weight excluding hydrogens is 294 g/mol. The second kappa shape index (κ2) is 4.78. The number of hydrogen-bond donors (Lipinski definition) is 2. The van der Waals surface area contributed by atoms with E-state index in [1.54, 1.807) is 0 Å². The van der Waals surface area contributed by atoms with Crippen molar-refractivity contribution in [2.45, 2.75) is 4.90 Å². The Balaban J connectivity index is 2.52. The Morgan fingerprint density at radius 3 is 2.74 bits per heavy atom. The lowest BCUT2D eigenvalue weighted by atomic mass is 10.3. The molecule has 0 amide bonds. The van der Waals surface area contributed by atoms with Gasteiger partial charge in [-0.05, 0) is 12.1 Å². The summed E-state index contributed by atoms with van der Waals surface area (Å²) in [7, 11) is -4.15. The molecule has 2 aromatic rings. The van der Waals surface area contributed by atoms with Gasteiger partial charge in [-0.25, -0.2) is 8.42 Å². The molecule has 0 aliphatic rings. The minimum absolute atomic E-state index is 0.0109. The molecule has 0 saturated carbocycles. The summed E-state index contributed by atoms with van der Waals surface area (Å²) in [5, 5.41) is 17.9. The van der Waals surface area contributed by atoms with Gasteiger partial charge >= 0.3 is 5.69 Å². The predicted molar refractivity (Wildman–Crippen MR) is 68.2 cm³/mol. The van der Waals surface area contributed by atoms with Crippen LogP contribution in [0.4, 0.5) is 16.5 Å². The molecule has 19 heavy (non-hydrogen) atoms. The first-order valence-corrected chi connectivity index (χ1v) is 7.10. The molecule has 0 unspecified atom stereocenters. The van der Waals surface area contributed by atoms with Crippen molar-refractivity contribution in [3.63, 3.8) is 0 Å². The summed E-state index contributed by atoms with van der Waals surface area (Å²) >= 11 is 0.949. The smallest absolute Gasteiger partial charge is 0.312 e. The van der Waals surface area contributed by atoms with Gasteiger partial charge in [0.25, 0.3) is 10.0 Å². The molecule has 100 valence electrons. The standard InChI is InChI=1S/C8H7N5O4S2/c9-5-2-1-3-6(7(5)13(14)15)19(16,17)12-8-11-10-4-18-8/h1-4H,9H2,(H,11,12). The molecule has 0 spiro atoms. The van der Waals surface area contributed by atoms with Crippen LogP contribution in [-0.2, 0) is 10.0 Å². The van der Waals surface area contributed by atoms with Gasteiger partial charge in [0.1, 0.15) is 11.2 Å². The van der Waals surface area contributed by atoms with Gasteiger partial charge in [-0.2, -0.15) is 0 Å². The zero-order chi connectivity index (χ0) is 14.0. The first-order valence-electron chi connectivity index (χ1n) is 4.73. The van der Waals surface area contributed by atoms with E-state index in [1.807, 2.05) is 0 Å². The van der Waals surface area contributed by atoms with Gasteiger partial charge in [0.05, 0.1) is 4.92 Å². The number of aromatic nitrogens is 2. The Morgan fingerprint density at radius 1 is 1.42 bits per heavy atom. The molecule has 9 nitrogen and oxygen atoms in total. The van der Waals surface area contributed by atoms with Crippen LogP contribution in [0.15, 0.2) is 28.6 Å². The van der Waals surface area contributed by atoms with Gasteiger partial charge in [0.2, 0.25) is 5.13 Å². The summed E-state index contributed by atoms with van der Waals surface area (Å²) in [5.74, 6) is 0. The molecular formula is C8H7N5O4S2. The molecule has 1 aromatic heterocycles. The molecule has 0 atom stereocenters. The van der Waals surface area contributed by atoms with Crippen molar-refractivity contribution in [3.8, 4) is 0 Å². The predicted octanol–water partition coefficient (Wildman–Crippen LogP) is 0.829. The van der Waals surface area contributed by atoms with Crippen molar-refractivity contribution in [1.82, 2.24) is 10.2 Å². The number of nitrogens with two attached hydrogens (primary N) is 1. The van der Waals surface area contributed by atoms with E-state index in [-0.39, 0.29) is 10.8 Å². The quantitative estimate of drug-likeness (QED) is 0.484. The molecule has 0 fully saturated rings. The topological polar surface area (TPSA) is 141 Å². The maximum absolute atomic E-state index is 12.0. The molecule has 0 aliphatic carbocycles. The lowest BCUT2D eigenvalue weighted by Crippen LogP contribution is -2.15. The molecule has 3 N–H and O–H groups in total. The van der Waals surface area contributed by atoms with Crippen LogP contribution in [0.25, 0.3) is 0 Å². The van der Waals surface area contributed by atoms with Crippen LogP contribution < -0.4 is 10.5 Å². The van der Waals surface area contributed by atoms with E-state index in [2.05, 4.69) is 14.9 Å². The van der Waals surface area contributed by atoms with E-state index >= 15 is 0 Å². The molecule has 2 rings (SSSR count). The van der Waals surface area contributed by atoms with Gasteiger partial charge in [-0.1, -0.05) is 17.4 Å². The summed E-state index contributed by atoms with van der Waals surface area (Å²) in [6.07, 6.45) is 0. The number of para-hydroxylation sites is 1. The molecule has 0 bridgehead atoms. The van der Waals surface area contributed by atoms with Gasteiger partial charge in [0.15, 0.2) is 4.90 Å². The van der Waals surface area contributed by atoms with Crippen LogP contribution in [0.5, 0.6) is 0 Å². The first-order chi connectivity index (χ1) is 8.92. The Labute approximate surface area is 111 Å². The van der Waals surface area contributed by atoms with E-state index in [0.717, 1.165) is 17.4 Å². The van der Waals surface area contributed by atoms with Gasteiger partial charge in [-0.3, -0.25) is 14.8 Å². The van der Waals surface area contributed by atoms with Gasteiger partial charge < -0.3 is 5.73 Å². The number of benzene rings is 1. The second-order valence-corrected chi connectivity index (χ2v) is 5.78. The van der Waals surface area contributed by atoms with Gasteiger partial charge in [0, 0.05) is 0 Å². The molecule has 0 saturated heterocycles. The third kappa shape index (κ3) is 2.61. The van der Waals surface area contributed by atoms with E-state index in [0.29, 0.717) is 0 Å². The number of hydrogen-bond acceptors (Lipinski definition) is 8. The van der Waals surface area contributed by atoms with Crippen LogP contribution in [0.1, 0.15) is 0 Å². The Bertz CT molecular complexity index is 713. The first kappa shape index (κ1) is 13.2. The van der Waals surface area contributed by atoms with E-state index in [4.69, 9.17) is 5.73 Å². The fraction of sp³-hybridized carbons (Fsp3) is 0. The fourth-order valence-corrected chi connectivity index (χ4v) is 3.23. The van der Waals surface area contributed by atoms with Crippen molar-refractivity contribution in [3.05, 3.63) is 33.8 Å². The Hall–Kier alpha value is -2.27. The molecule has 0 radical (unpaired) electrons. The zero-order valence-corrected chi connectivity index (χ0v) is 10.8. The number of sulfonamides is 1. The molecule has 1 aromatic carbocycles. The summed E-state index contributed by atoms with van der Waals surface area (Å²) in [5.41, 5.74) is 5.86. The van der Waals surface area contributed by atoms with Crippen molar-refractivity contribution < 1.29 is 13.3 Å².